The van der Waals surface area contributed by atoms with Gasteiger partial charge in [-0.05, 0) is 11.7 Å². The van der Waals surface area contributed by atoms with Gasteiger partial charge in [0.25, 0.3) is 0 Å². The van der Waals surface area contributed by atoms with E-state index in [-0.39, 0.29) is 0 Å². The van der Waals surface area contributed by atoms with Crippen molar-refractivity contribution >= 4 is 9.24 Å². The standard InChI is InChI=1S/C5H7P/c6-5-3-1-2-4-5/h1,3-4H,2,6H2. The Hall–Kier alpha value is -0.0900. The lowest BCUT2D eigenvalue weighted by Crippen LogP contribution is -1.43. The van der Waals surface area contributed by atoms with E-state index in [1.54, 1.807) is 0 Å². The van der Waals surface area contributed by atoms with Crippen LogP contribution in [0.3, 0.4) is 0 Å². The molecule has 0 nitrogen and oxygen atoms in total. The second-order valence-electron chi connectivity index (χ2n) is 1.34. The Morgan fingerprint density at radius 3 is 2.67 bits per heavy atom. The number of rotatable bonds is 0. The summed E-state index contributed by atoms with van der Waals surface area (Å²) >= 11 is 0. The van der Waals surface area contributed by atoms with Gasteiger partial charge in [-0.3, -0.25) is 0 Å². The highest BCUT2D eigenvalue weighted by molar-refractivity contribution is 7.22. The Kier molecular flexibility index (Phi) is 1.07. The monoisotopic (exact) mass is 98.0 g/mol. The van der Waals surface area contributed by atoms with Gasteiger partial charge in [0.2, 0.25) is 0 Å². The van der Waals surface area contributed by atoms with Crippen LogP contribution in [0.4, 0.5) is 0 Å². The Balaban J connectivity index is 2.68. The third-order valence-electron chi connectivity index (χ3n) is 0.800. The van der Waals surface area contributed by atoms with Gasteiger partial charge in [-0.1, -0.05) is 18.2 Å². The van der Waals surface area contributed by atoms with Crippen LogP contribution in [0.2, 0.25) is 0 Å². The Labute approximate surface area is 40.1 Å². The van der Waals surface area contributed by atoms with E-state index in [0.717, 1.165) is 6.42 Å². The highest BCUT2D eigenvalue weighted by Crippen LogP contribution is 2.13. The summed E-state index contributed by atoms with van der Waals surface area (Å²) in [4.78, 5) is 0. The summed E-state index contributed by atoms with van der Waals surface area (Å²) in [7, 11) is 2.65. The van der Waals surface area contributed by atoms with Crippen LogP contribution in [0.15, 0.2) is 23.5 Å². The third-order valence-corrected chi connectivity index (χ3v) is 1.23. The number of hydrogen-bond donors (Lipinski definition) is 0. The van der Waals surface area contributed by atoms with Gasteiger partial charge in [-0.25, -0.2) is 0 Å². The molecule has 1 unspecified atom stereocenters. The quantitative estimate of drug-likeness (QED) is 0.404. The van der Waals surface area contributed by atoms with Crippen molar-refractivity contribution < 1.29 is 0 Å². The van der Waals surface area contributed by atoms with Gasteiger partial charge in [-0.15, -0.1) is 9.24 Å². The van der Waals surface area contributed by atoms with Crippen LogP contribution < -0.4 is 0 Å². The lowest BCUT2D eigenvalue weighted by Gasteiger charge is -1.72. The molecule has 0 N–H and O–H groups in total. The van der Waals surface area contributed by atoms with Gasteiger partial charge in [-0.2, -0.15) is 0 Å². The molecule has 6 heavy (non-hydrogen) atoms. The molecule has 0 bridgehead atoms. The molecular weight excluding hydrogens is 91.0 g/mol. The molecule has 0 aliphatic heterocycles. The van der Waals surface area contributed by atoms with E-state index >= 15 is 0 Å². The highest BCUT2D eigenvalue weighted by atomic mass is 31.0. The summed E-state index contributed by atoms with van der Waals surface area (Å²) in [5.74, 6) is 0. The second-order valence-corrected chi connectivity index (χ2v) is 2.01. The van der Waals surface area contributed by atoms with Crippen molar-refractivity contribution in [2.24, 2.45) is 0 Å². The molecule has 0 aromatic carbocycles. The van der Waals surface area contributed by atoms with Gasteiger partial charge < -0.3 is 0 Å². The molecule has 1 rings (SSSR count). The molecule has 1 aliphatic carbocycles. The van der Waals surface area contributed by atoms with E-state index in [9.17, 15) is 0 Å². The minimum Gasteiger partial charge on any atom is -0.106 e. The van der Waals surface area contributed by atoms with Crippen LogP contribution in [0.5, 0.6) is 0 Å². The molecule has 0 radical (unpaired) electrons. The molecule has 1 aliphatic rings. The smallest absolute Gasteiger partial charge is 0.0157 e. The minimum absolute atomic E-state index is 1.12. The van der Waals surface area contributed by atoms with Crippen molar-refractivity contribution in [3.63, 3.8) is 0 Å². The fraction of sp³-hybridized carbons (Fsp3) is 0.200. The SMILES string of the molecule is PC1=CCC=C1. The molecule has 0 heterocycles. The first-order valence-corrected chi connectivity index (χ1v) is 2.59. The molecule has 0 saturated carbocycles. The second kappa shape index (κ2) is 1.57. The summed E-state index contributed by atoms with van der Waals surface area (Å²) in [6.45, 7) is 0. The number of allylic oxidation sites excluding steroid dienone is 4. The number of hydrogen-bond acceptors (Lipinski definition) is 0. The first-order chi connectivity index (χ1) is 2.89. The average molecular weight is 98.1 g/mol. The molecule has 0 spiro atoms. The summed E-state index contributed by atoms with van der Waals surface area (Å²) in [6, 6.07) is 0. The molecule has 1 atom stereocenters. The van der Waals surface area contributed by atoms with E-state index in [1.807, 2.05) is 0 Å². The molecular formula is C5H7P. The zero-order valence-electron chi connectivity index (χ0n) is 3.52. The van der Waals surface area contributed by atoms with Crippen LogP contribution in [-0.2, 0) is 0 Å². The van der Waals surface area contributed by atoms with E-state index < -0.39 is 0 Å². The van der Waals surface area contributed by atoms with Gasteiger partial charge in [0, 0.05) is 0 Å². The summed E-state index contributed by atoms with van der Waals surface area (Å²) in [5.41, 5.74) is 0. The lowest BCUT2D eigenvalue weighted by molar-refractivity contribution is 1.45. The summed E-state index contributed by atoms with van der Waals surface area (Å²) in [5, 5.41) is 1.31. The molecule has 1 heteroatoms. The average Bonchev–Trinajstić information content (AvgIpc) is 1.86. The van der Waals surface area contributed by atoms with E-state index in [2.05, 4.69) is 27.5 Å². The lowest BCUT2D eigenvalue weighted by atomic mass is 10.5. The minimum atomic E-state index is 1.12. The summed E-state index contributed by atoms with van der Waals surface area (Å²) < 4.78 is 0. The fourth-order valence-electron chi connectivity index (χ4n) is 0.476. The zero-order valence-corrected chi connectivity index (χ0v) is 4.67. The first-order valence-electron chi connectivity index (χ1n) is 2.02. The zero-order chi connectivity index (χ0) is 4.41. The van der Waals surface area contributed by atoms with Gasteiger partial charge in [0.05, 0.1) is 0 Å². The van der Waals surface area contributed by atoms with Gasteiger partial charge in [0.15, 0.2) is 0 Å². The largest absolute Gasteiger partial charge is 0.106 e. The van der Waals surface area contributed by atoms with Crippen molar-refractivity contribution in [2.75, 3.05) is 0 Å². The van der Waals surface area contributed by atoms with E-state index in [0.29, 0.717) is 0 Å². The van der Waals surface area contributed by atoms with Crippen LogP contribution in [0, 0.1) is 0 Å². The van der Waals surface area contributed by atoms with Crippen LogP contribution in [-0.4, -0.2) is 0 Å². The Bertz CT molecular complexity index is 97.8. The maximum atomic E-state index is 2.65. The van der Waals surface area contributed by atoms with Crippen LogP contribution in [0.25, 0.3) is 0 Å². The van der Waals surface area contributed by atoms with Crippen molar-refractivity contribution in [1.29, 1.82) is 0 Å². The molecule has 0 fully saturated rings. The first kappa shape index (κ1) is 4.08. The van der Waals surface area contributed by atoms with E-state index in [1.165, 1.54) is 5.31 Å². The molecule has 0 aromatic heterocycles. The van der Waals surface area contributed by atoms with Gasteiger partial charge >= 0.3 is 0 Å². The molecule has 32 valence electrons. The van der Waals surface area contributed by atoms with Crippen LogP contribution >= 0.6 is 9.24 Å². The predicted molar refractivity (Wildman–Crippen MR) is 31.5 cm³/mol. The fourth-order valence-corrected chi connectivity index (χ4v) is 0.748. The molecule has 0 aromatic rings. The Morgan fingerprint density at radius 2 is 2.50 bits per heavy atom. The van der Waals surface area contributed by atoms with Crippen LogP contribution in [0.1, 0.15) is 6.42 Å². The van der Waals surface area contributed by atoms with Crippen molar-refractivity contribution in [3.8, 4) is 0 Å². The maximum absolute atomic E-state index is 2.65. The Morgan fingerprint density at radius 1 is 1.67 bits per heavy atom. The van der Waals surface area contributed by atoms with Crippen molar-refractivity contribution in [2.45, 2.75) is 6.42 Å². The third kappa shape index (κ3) is 0.693. The maximum Gasteiger partial charge on any atom is -0.0157 e. The van der Waals surface area contributed by atoms with Crippen molar-refractivity contribution in [1.82, 2.24) is 0 Å². The van der Waals surface area contributed by atoms with Gasteiger partial charge in [0.1, 0.15) is 0 Å². The summed E-state index contributed by atoms with van der Waals surface area (Å²) in [6.07, 6.45) is 7.54. The highest BCUT2D eigenvalue weighted by Gasteiger charge is 1.84. The molecule has 0 saturated heterocycles. The van der Waals surface area contributed by atoms with E-state index in [4.69, 9.17) is 0 Å². The molecule has 0 amide bonds. The topological polar surface area (TPSA) is 0 Å². The normalized spacial score (nSPS) is 18.5. The predicted octanol–water partition coefficient (Wildman–Crippen LogP) is 1.71. The van der Waals surface area contributed by atoms with Crippen molar-refractivity contribution in [3.05, 3.63) is 23.5 Å².